The van der Waals surface area contributed by atoms with E-state index < -0.39 is 5.97 Å². The third-order valence-electron chi connectivity index (χ3n) is 3.70. The molecule has 2 rings (SSSR count). The van der Waals surface area contributed by atoms with Gasteiger partial charge in [-0.05, 0) is 36.5 Å². The van der Waals surface area contributed by atoms with E-state index in [-0.39, 0.29) is 11.8 Å². The number of carboxylic acids is 1. The van der Waals surface area contributed by atoms with Gasteiger partial charge in [0.05, 0.1) is 17.7 Å². The fourth-order valence-electron chi connectivity index (χ4n) is 2.46. The number of aliphatic carboxylic acids is 1. The Morgan fingerprint density at radius 2 is 2.26 bits per heavy atom. The summed E-state index contributed by atoms with van der Waals surface area (Å²) in [5, 5.41) is 21.7. The molecule has 0 aromatic heterocycles. The highest BCUT2D eigenvalue weighted by Crippen LogP contribution is 2.44. The second kappa shape index (κ2) is 5.50. The Bertz CT molecular complexity index is 533. The van der Waals surface area contributed by atoms with Crippen molar-refractivity contribution >= 4 is 23.3 Å². The lowest BCUT2D eigenvalue weighted by Crippen LogP contribution is -2.38. The quantitative estimate of drug-likeness (QED) is 0.867. The topological polar surface area (TPSA) is 73.1 Å². The minimum absolute atomic E-state index is 0.168. The van der Waals surface area contributed by atoms with Crippen molar-refractivity contribution in [1.29, 1.82) is 5.26 Å². The van der Waals surface area contributed by atoms with Crippen LogP contribution in [0.25, 0.3) is 0 Å². The van der Waals surface area contributed by atoms with Gasteiger partial charge in [-0.1, -0.05) is 18.0 Å². The number of rotatable bonds is 5. The number of benzene rings is 1. The Kier molecular flexibility index (Phi) is 3.96. The first kappa shape index (κ1) is 13.7. The van der Waals surface area contributed by atoms with Crippen molar-refractivity contribution in [3.8, 4) is 6.07 Å². The van der Waals surface area contributed by atoms with Crippen molar-refractivity contribution in [2.24, 2.45) is 5.41 Å². The first-order valence-corrected chi connectivity index (χ1v) is 6.58. The second-order valence-corrected chi connectivity index (χ2v) is 5.52. The van der Waals surface area contributed by atoms with Crippen molar-refractivity contribution in [3.05, 3.63) is 28.8 Å². The van der Waals surface area contributed by atoms with Crippen LogP contribution >= 0.6 is 11.6 Å². The molecule has 1 saturated carbocycles. The second-order valence-electron chi connectivity index (χ2n) is 5.08. The third-order valence-corrected chi connectivity index (χ3v) is 3.93. The van der Waals surface area contributed by atoms with E-state index in [1.165, 1.54) is 0 Å². The number of nitrogens with one attached hydrogen (secondary N) is 1. The maximum absolute atomic E-state index is 10.9. The lowest BCUT2D eigenvalue weighted by Gasteiger charge is -2.41. The molecule has 0 bridgehead atoms. The van der Waals surface area contributed by atoms with Gasteiger partial charge in [-0.3, -0.25) is 4.79 Å². The molecular weight excluding hydrogens is 264 g/mol. The highest BCUT2D eigenvalue weighted by molar-refractivity contribution is 6.30. The lowest BCUT2D eigenvalue weighted by atomic mass is 9.66. The average molecular weight is 279 g/mol. The van der Waals surface area contributed by atoms with E-state index in [9.17, 15) is 4.79 Å². The smallest absolute Gasteiger partial charge is 0.303 e. The summed E-state index contributed by atoms with van der Waals surface area (Å²) < 4.78 is 0. The third kappa shape index (κ3) is 3.18. The summed E-state index contributed by atoms with van der Waals surface area (Å²) >= 11 is 5.84. The predicted octanol–water partition coefficient (Wildman–Crippen LogP) is 3.27. The number of nitriles is 1. The molecule has 1 aromatic carbocycles. The molecule has 1 aliphatic carbocycles. The van der Waals surface area contributed by atoms with Crippen LogP contribution in [0.15, 0.2) is 18.2 Å². The number of carboxylic acid groups (broad SMARTS) is 1. The summed E-state index contributed by atoms with van der Waals surface area (Å²) in [5.74, 6) is -0.766. The van der Waals surface area contributed by atoms with Crippen molar-refractivity contribution in [3.63, 3.8) is 0 Å². The van der Waals surface area contributed by atoms with E-state index in [1.54, 1.807) is 18.2 Å². The largest absolute Gasteiger partial charge is 0.481 e. The van der Waals surface area contributed by atoms with Crippen LogP contribution in [-0.2, 0) is 4.79 Å². The number of hydrogen-bond donors (Lipinski definition) is 2. The van der Waals surface area contributed by atoms with Crippen LogP contribution in [0.2, 0.25) is 5.02 Å². The molecule has 0 unspecified atom stereocenters. The molecule has 1 fully saturated rings. The molecule has 1 aliphatic rings. The molecule has 4 nitrogen and oxygen atoms in total. The number of nitrogens with zero attached hydrogens (tertiary/aromatic N) is 1. The summed E-state index contributed by atoms with van der Waals surface area (Å²) in [6, 6.07) is 7.17. The highest BCUT2D eigenvalue weighted by atomic mass is 35.5. The van der Waals surface area contributed by atoms with E-state index in [2.05, 4.69) is 11.4 Å². The van der Waals surface area contributed by atoms with Gasteiger partial charge in [0.1, 0.15) is 6.07 Å². The number of hydrogen-bond acceptors (Lipinski definition) is 3. The lowest BCUT2D eigenvalue weighted by molar-refractivity contribution is -0.141. The molecule has 0 aliphatic heterocycles. The van der Waals surface area contributed by atoms with Gasteiger partial charge < -0.3 is 10.4 Å². The summed E-state index contributed by atoms with van der Waals surface area (Å²) in [6.45, 7) is 0.579. The summed E-state index contributed by atoms with van der Waals surface area (Å²) in [7, 11) is 0. The van der Waals surface area contributed by atoms with E-state index in [0.29, 0.717) is 22.8 Å². The van der Waals surface area contributed by atoms with Crippen molar-refractivity contribution in [2.45, 2.75) is 25.7 Å². The van der Waals surface area contributed by atoms with Gasteiger partial charge in [-0.25, -0.2) is 0 Å². The first-order chi connectivity index (χ1) is 9.04. The molecule has 0 radical (unpaired) electrons. The fourth-order valence-corrected chi connectivity index (χ4v) is 2.63. The van der Waals surface area contributed by atoms with E-state index in [0.717, 1.165) is 19.3 Å². The standard InChI is InChI=1S/C14H15ClN2O2/c15-11-2-3-12(10(6-11)8-16)17-9-14(4-1-5-14)7-13(18)19/h2-3,6,17H,1,4-5,7,9H2,(H,18,19). The minimum atomic E-state index is -0.766. The van der Waals surface area contributed by atoms with Gasteiger partial charge in [0.15, 0.2) is 0 Å². The first-order valence-electron chi connectivity index (χ1n) is 6.20. The molecule has 1 aromatic rings. The molecule has 0 heterocycles. The van der Waals surface area contributed by atoms with Crippen LogP contribution < -0.4 is 5.32 Å². The normalized spacial score (nSPS) is 16.2. The van der Waals surface area contributed by atoms with Crippen LogP contribution in [0.1, 0.15) is 31.2 Å². The zero-order valence-corrected chi connectivity index (χ0v) is 11.2. The van der Waals surface area contributed by atoms with Gasteiger partial charge in [0.2, 0.25) is 0 Å². The van der Waals surface area contributed by atoms with Crippen LogP contribution in [0.3, 0.4) is 0 Å². The monoisotopic (exact) mass is 278 g/mol. The SMILES string of the molecule is N#Cc1cc(Cl)ccc1NCC1(CC(=O)O)CCC1. The average Bonchev–Trinajstić information content (AvgIpc) is 2.33. The summed E-state index contributed by atoms with van der Waals surface area (Å²) in [4.78, 5) is 10.9. The minimum Gasteiger partial charge on any atom is -0.481 e. The van der Waals surface area contributed by atoms with Gasteiger partial charge in [-0.15, -0.1) is 0 Å². The molecule has 19 heavy (non-hydrogen) atoms. The van der Waals surface area contributed by atoms with Gasteiger partial charge in [-0.2, -0.15) is 5.26 Å². The molecule has 5 heteroatoms. The zero-order valence-electron chi connectivity index (χ0n) is 10.4. The van der Waals surface area contributed by atoms with E-state index in [1.807, 2.05) is 0 Å². The van der Waals surface area contributed by atoms with Crippen LogP contribution in [-0.4, -0.2) is 17.6 Å². The summed E-state index contributed by atoms with van der Waals surface area (Å²) in [6.07, 6.45) is 3.08. The van der Waals surface area contributed by atoms with Gasteiger partial charge in [0.25, 0.3) is 0 Å². The molecule has 100 valence electrons. The van der Waals surface area contributed by atoms with Crippen LogP contribution in [0.5, 0.6) is 0 Å². The van der Waals surface area contributed by atoms with E-state index >= 15 is 0 Å². The Morgan fingerprint density at radius 1 is 1.53 bits per heavy atom. The van der Waals surface area contributed by atoms with Crippen molar-refractivity contribution in [2.75, 3.05) is 11.9 Å². The molecule has 0 atom stereocenters. The van der Waals surface area contributed by atoms with Crippen LogP contribution in [0, 0.1) is 16.7 Å². The molecular formula is C14H15ClN2O2. The molecule has 0 saturated heterocycles. The Labute approximate surface area is 117 Å². The Balaban J connectivity index is 2.06. The van der Waals surface area contributed by atoms with Crippen molar-refractivity contribution in [1.82, 2.24) is 0 Å². The molecule has 0 spiro atoms. The van der Waals surface area contributed by atoms with Crippen molar-refractivity contribution < 1.29 is 9.90 Å². The zero-order chi connectivity index (χ0) is 13.9. The van der Waals surface area contributed by atoms with Gasteiger partial charge >= 0.3 is 5.97 Å². The molecule has 2 N–H and O–H groups in total. The highest BCUT2D eigenvalue weighted by Gasteiger charge is 2.38. The van der Waals surface area contributed by atoms with Gasteiger partial charge in [0, 0.05) is 11.6 Å². The fraction of sp³-hybridized carbons (Fsp3) is 0.429. The Hall–Kier alpha value is -1.73. The maximum atomic E-state index is 10.9. The number of halogens is 1. The van der Waals surface area contributed by atoms with Crippen LogP contribution in [0.4, 0.5) is 5.69 Å². The predicted molar refractivity (Wildman–Crippen MR) is 73.2 cm³/mol. The Morgan fingerprint density at radius 3 is 2.79 bits per heavy atom. The number of anilines is 1. The summed E-state index contributed by atoms with van der Waals surface area (Å²) in [5.41, 5.74) is 1.03. The number of carbonyl (C=O) groups is 1. The maximum Gasteiger partial charge on any atom is 0.303 e. The molecule has 0 amide bonds. The van der Waals surface area contributed by atoms with E-state index in [4.69, 9.17) is 22.0 Å².